The lowest BCUT2D eigenvalue weighted by molar-refractivity contribution is -0.159. The predicted octanol–water partition coefficient (Wildman–Crippen LogP) is 4.59. The van der Waals surface area contributed by atoms with Gasteiger partial charge in [-0.2, -0.15) is 0 Å². The summed E-state index contributed by atoms with van der Waals surface area (Å²) in [6.07, 6.45) is 0.0516. The highest BCUT2D eigenvalue weighted by Gasteiger charge is 2.33. The van der Waals surface area contributed by atoms with Crippen molar-refractivity contribution in [3.8, 4) is 0 Å². The number of esters is 1. The van der Waals surface area contributed by atoms with Gasteiger partial charge in [0.15, 0.2) is 0 Å². The number of carbonyl (C=O) groups is 2. The molecule has 0 spiro atoms. The fraction of sp³-hybridized carbons (Fsp3) is 0.200. The third-order valence-corrected chi connectivity index (χ3v) is 6.16. The van der Waals surface area contributed by atoms with Gasteiger partial charge in [-0.15, -0.1) is 0 Å². The topological polar surface area (TPSA) is 58.6 Å². The number of carbonyl (C=O) groups excluding carboxylic acids is 2. The summed E-state index contributed by atoms with van der Waals surface area (Å²) in [7, 11) is 0. The summed E-state index contributed by atoms with van der Waals surface area (Å²) in [5.41, 5.74) is 1.84. The molecule has 0 saturated carbocycles. The number of ether oxygens (including phenoxy) is 1. The van der Waals surface area contributed by atoms with E-state index in [-0.39, 0.29) is 18.3 Å². The molecule has 1 fully saturated rings. The first-order chi connectivity index (χ1) is 15.2. The van der Waals surface area contributed by atoms with Crippen LogP contribution in [0.4, 0.5) is 5.69 Å². The summed E-state index contributed by atoms with van der Waals surface area (Å²) in [6.45, 7) is 1.56. The number of amides is 1. The van der Waals surface area contributed by atoms with E-state index in [1.807, 2.05) is 89.8 Å². The lowest BCUT2D eigenvalue weighted by Crippen LogP contribution is -2.49. The van der Waals surface area contributed by atoms with Crippen molar-refractivity contribution in [2.75, 3.05) is 18.5 Å². The molecule has 1 aliphatic heterocycles. The zero-order valence-electron chi connectivity index (χ0n) is 17.1. The van der Waals surface area contributed by atoms with Gasteiger partial charge in [0.05, 0.1) is 12.1 Å². The quantitative estimate of drug-likeness (QED) is 0.553. The Bertz CT molecular complexity index is 1030. The van der Waals surface area contributed by atoms with Crippen molar-refractivity contribution in [2.24, 2.45) is 0 Å². The van der Waals surface area contributed by atoms with Crippen LogP contribution in [0, 0.1) is 0 Å². The minimum Gasteiger partial charge on any atom is -0.463 e. The number of nitrogens with one attached hydrogen (secondary N) is 1. The highest BCUT2D eigenvalue weighted by atomic mass is 32.2. The Balaban J connectivity index is 1.44. The molecule has 31 heavy (non-hydrogen) atoms. The van der Waals surface area contributed by atoms with E-state index in [0.717, 1.165) is 21.0 Å². The van der Waals surface area contributed by atoms with Crippen molar-refractivity contribution in [3.63, 3.8) is 0 Å². The number of hydrogen-bond donors (Lipinski definition) is 1. The zero-order valence-corrected chi connectivity index (χ0v) is 17.9. The molecule has 1 N–H and O–H groups in total. The fourth-order valence-electron chi connectivity index (χ4n) is 3.54. The second-order valence-corrected chi connectivity index (χ2v) is 8.42. The maximum absolute atomic E-state index is 12.9. The first-order valence-electron chi connectivity index (χ1n) is 10.3. The highest BCUT2D eigenvalue weighted by molar-refractivity contribution is 7.99. The van der Waals surface area contributed by atoms with E-state index in [1.165, 1.54) is 0 Å². The van der Waals surface area contributed by atoms with Crippen LogP contribution in [0.1, 0.15) is 12.0 Å². The minimum atomic E-state index is -0.595. The van der Waals surface area contributed by atoms with Crippen molar-refractivity contribution in [3.05, 3.63) is 90.5 Å². The van der Waals surface area contributed by atoms with Crippen LogP contribution in [-0.2, 0) is 20.9 Å². The highest BCUT2D eigenvalue weighted by Crippen LogP contribution is 2.33. The van der Waals surface area contributed by atoms with Crippen molar-refractivity contribution in [2.45, 2.75) is 28.8 Å². The van der Waals surface area contributed by atoms with Crippen LogP contribution in [0.15, 0.2) is 94.7 Å². The van der Waals surface area contributed by atoms with Gasteiger partial charge in [-0.3, -0.25) is 14.5 Å². The standard InChI is InChI=1S/C25H24N2O3S/c28-24(26-21-13-7-8-14-23(21)31-20-11-5-2-6-12-20)17-22-25(29)30-16-15-27(22)18-19-9-3-1-4-10-19/h1-14,22H,15-18H2,(H,26,28)/t22-/m0/s1. The molecule has 4 rings (SSSR count). The summed E-state index contributed by atoms with van der Waals surface area (Å²) in [5.74, 6) is -0.549. The number of rotatable bonds is 7. The van der Waals surface area contributed by atoms with Crippen LogP contribution >= 0.6 is 11.8 Å². The van der Waals surface area contributed by atoms with Gasteiger partial charge < -0.3 is 10.1 Å². The van der Waals surface area contributed by atoms with Crippen molar-refractivity contribution >= 4 is 29.3 Å². The number of nitrogens with zero attached hydrogens (tertiary/aromatic N) is 1. The molecule has 1 saturated heterocycles. The number of anilines is 1. The van der Waals surface area contributed by atoms with Crippen LogP contribution in [0.3, 0.4) is 0 Å². The van der Waals surface area contributed by atoms with Gasteiger partial charge in [-0.05, 0) is 29.8 Å². The van der Waals surface area contributed by atoms with E-state index in [0.29, 0.717) is 19.7 Å². The monoisotopic (exact) mass is 432 g/mol. The number of para-hydroxylation sites is 1. The van der Waals surface area contributed by atoms with E-state index in [9.17, 15) is 9.59 Å². The Morgan fingerprint density at radius 2 is 1.65 bits per heavy atom. The Hall–Kier alpha value is -3.09. The van der Waals surface area contributed by atoms with Crippen LogP contribution in [-0.4, -0.2) is 36.0 Å². The Morgan fingerprint density at radius 1 is 0.968 bits per heavy atom. The largest absolute Gasteiger partial charge is 0.463 e. The molecule has 0 aliphatic carbocycles. The number of cyclic esters (lactones) is 1. The maximum Gasteiger partial charge on any atom is 0.323 e. The average molecular weight is 433 g/mol. The molecular weight excluding hydrogens is 408 g/mol. The number of morpholine rings is 1. The molecule has 1 aliphatic rings. The molecule has 0 aromatic heterocycles. The number of benzene rings is 3. The molecule has 5 nitrogen and oxygen atoms in total. The lowest BCUT2D eigenvalue weighted by atomic mass is 10.1. The summed E-state index contributed by atoms with van der Waals surface area (Å²) >= 11 is 1.59. The summed E-state index contributed by atoms with van der Waals surface area (Å²) in [5, 5.41) is 2.99. The van der Waals surface area contributed by atoms with Gasteiger partial charge >= 0.3 is 5.97 Å². The molecule has 1 amide bonds. The van der Waals surface area contributed by atoms with Gasteiger partial charge in [0.1, 0.15) is 12.6 Å². The van der Waals surface area contributed by atoms with Crippen LogP contribution in [0.5, 0.6) is 0 Å². The average Bonchev–Trinajstić information content (AvgIpc) is 2.79. The van der Waals surface area contributed by atoms with E-state index in [4.69, 9.17) is 4.74 Å². The van der Waals surface area contributed by atoms with E-state index >= 15 is 0 Å². The summed E-state index contributed by atoms with van der Waals surface area (Å²) in [6, 6.07) is 27.1. The fourth-order valence-corrected chi connectivity index (χ4v) is 4.46. The molecule has 0 bridgehead atoms. The molecule has 1 heterocycles. The Kier molecular flexibility index (Phi) is 7.02. The van der Waals surface area contributed by atoms with Crippen molar-refractivity contribution in [1.82, 2.24) is 4.90 Å². The van der Waals surface area contributed by atoms with Crippen LogP contribution in [0.2, 0.25) is 0 Å². The smallest absolute Gasteiger partial charge is 0.323 e. The first kappa shape index (κ1) is 21.2. The van der Waals surface area contributed by atoms with E-state index in [2.05, 4.69) is 5.32 Å². The van der Waals surface area contributed by atoms with Gasteiger partial charge in [-0.25, -0.2) is 0 Å². The summed E-state index contributed by atoms with van der Waals surface area (Å²) in [4.78, 5) is 29.4. The molecule has 0 radical (unpaired) electrons. The molecular formula is C25H24N2O3S. The molecule has 1 atom stereocenters. The first-order valence-corrected chi connectivity index (χ1v) is 11.1. The second kappa shape index (κ2) is 10.3. The van der Waals surface area contributed by atoms with Crippen LogP contribution in [0.25, 0.3) is 0 Å². The van der Waals surface area contributed by atoms with Gasteiger partial charge in [0.2, 0.25) is 5.91 Å². The lowest BCUT2D eigenvalue weighted by Gasteiger charge is -2.33. The third kappa shape index (κ3) is 5.75. The normalized spacial score (nSPS) is 16.5. The van der Waals surface area contributed by atoms with Crippen molar-refractivity contribution in [1.29, 1.82) is 0 Å². The second-order valence-electron chi connectivity index (χ2n) is 7.30. The van der Waals surface area contributed by atoms with Crippen LogP contribution < -0.4 is 5.32 Å². The molecule has 0 unspecified atom stereocenters. The Morgan fingerprint density at radius 3 is 2.42 bits per heavy atom. The molecule has 6 heteroatoms. The number of hydrogen-bond acceptors (Lipinski definition) is 5. The zero-order chi connectivity index (χ0) is 21.5. The van der Waals surface area contributed by atoms with Gasteiger partial charge in [0, 0.05) is 22.9 Å². The minimum absolute atomic E-state index is 0.0516. The predicted molar refractivity (Wildman–Crippen MR) is 122 cm³/mol. The Labute approximate surface area is 186 Å². The van der Waals surface area contributed by atoms with Crippen molar-refractivity contribution < 1.29 is 14.3 Å². The van der Waals surface area contributed by atoms with E-state index < -0.39 is 6.04 Å². The van der Waals surface area contributed by atoms with Gasteiger partial charge in [0.25, 0.3) is 0 Å². The summed E-state index contributed by atoms with van der Waals surface area (Å²) < 4.78 is 5.25. The third-order valence-electron chi connectivity index (χ3n) is 5.08. The maximum atomic E-state index is 12.9. The molecule has 3 aromatic rings. The van der Waals surface area contributed by atoms with E-state index in [1.54, 1.807) is 11.8 Å². The molecule has 3 aromatic carbocycles. The molecule has 158 valence electrons. The SMILES string of the molecule is O=C(C[C@H]1C(=O)OCCN1Cc1ccccc1)Nc1ccccc1Sc1ccccc1. The van der Waals surface area contributed by atoms with Gasteiger partial charge in [-0.1, -0.05) is 72.4 Å².